The molecule has 0 radical (unpaired) electrons. The molecule has 0 aromatic heterocycles. The molecule has 0 N–H and O–H groups in total. The minimum absolute atomic E-state index is 1.25. The molecule has 0 aliphatic carbocycles. The molecule has 0 atom stereocenters. The lowest BCUT2D eigenvalue weighted by Gasteiger charge is -1.86. The van der Waals surface area contributed by atoms with E-state index < -0.39 is 0 Å². The number of unbranched alkanes of at least 4 members (excludes halogenated alkanes) is 6. The minimum Gasteiger partial charge on any atom is -0.0656 e. The fraction of sp³-hybridized carbons (Fsp3) is 1.00. The monoisotopic (exact) mass is 304 g/mol. The predicted molar refractivity (Wildman–Crippen MR) is 108 cm³/mol. The summed E-state index contributed by atoms with van der Waals surface area (Å²) < 4.78 is 0. The lowest BCUT2D eigenvalue weighted by molar-refractivity contribution is 0.702. The van der Waals surface area contributed by atoms with Crippen LogP contribution in [0, 0.1) is 0 Å². The van der Waals surface area contributed by atoms with Crippen LogP contribution in [0.15, 0.2) is 0 Å². The van der Waals surface area contributed by atoms with Crippen LogP contribution in [0.25, 0.3) is 0 Å². The maximum Gasteiger partial charge on any atom is -0.0536 e. The Morgan fingerprint density at radius 3 is 0.476 bits per heavy atom. The van der Waals surface area contributed by atoms with Crippen molar-refractivity contribution in [3.05, 3.63) is 0 Å². The van der Waals surface area contributed by atoms with E-state index in [0.29, 0.717) is 0 Å². The molecule has 0 aliphatic rings. The van der Waals surface area contributed by atoms with Gasteiger partial charge in [-0.2, -0.15) is 0 Å². The van der Waals surface area contributed by atoms with Crippen LogP contribution in [0.2, 0.25) is 0 Å². The first-order valence-corrected chi connectivity index (χ1v) is 10.1. The molecule has 0 nitrogen and oxygen atoms in total. The zero-order chi connectivity index (χ0) is 17.8. The Hall–Kier alpha value is 0. The third kappa shape index (κ3) is 180. The topological polar surface area (TPSA) is 0 Å². The van der Waals surface area contributed by atoms with E-state index in [4.69, 9.17) is 0 Å². The summed E-state index contributed by atoms with van der Waals surface area (Å²) in [6.07, 6.45) is 14.7. The van der Waals surface area contributed by atoms with Crippen molar-refractivity contribution in [1.29, 1.82) is 0 Å². The van der Waals surface area contributed by atoms with Gasteiger partial charge < -0.3 is 0 Å². The van der Waals surface area contributed by atoms with Crippen molar-refractivity contribution < 1.29 is 0 Å². The van der Waals surface area contributed by atoms with Gasteiger partial charge in [-0.3, -0.25) is 0 Å². The van der Waals surface area contributed by atoms with E-state index in [2.05, 4.69) is 69.2 Å². The molecule has 0 heterocycles. The van der Waals surface area contributed by atoms with Gasteiger partial charge >= 0.3 is 0 Å². The molecule has 0 saturated carbocycles. The molecule has 0 aromatic carbocycles. The summed E-state index contributed by atoms with van der Waals surface area (Å²) in [5, 5.41) is 0. The summed E-state index contributed by atoms with van der Waals surface area (Å²) in [6, 6.07) is 0. The molecule has 0 fully saturated rings. The molecular formula is C21H52. The smallest absolute Gasteiger partial charge is 0.0536 e. The summed E-state index contributed by atoms with van der Waals surface area (Å²) in [5.41, 5.74) is 0. The van der Waals surface area contributed by atoms with E-state index in [0.717, 1.165) is 0 Å². The third-order valence-electron chi connectivity index (χ3n) is 2.46. The van der Waals surface area contributed by atoms with E-state index in [1.54, 1.807) is 0 Å². The second kappa shape index (κ2) is 59.7. The van der Waals surface area contributed by atoms with Crippen LogP contribution < -0.4 is 0 Å². The van der Waals surface area contributed by atoms with Gasteiger partial charge in [0.15, 0.2) is 0 Å². The zero-order valence-electron chi connectivity index (χ0n) is 17.8. The highest BCUT2D eigenvalue weighted by molar-refractivity contribution is 4.31. The molecule has 0 saturated heterocycles. The number of hydrogen-bond donors (Lipinski definition) is 0. The van der Waals surface area contributed by atoms with Gasteiger partial charge in [-0.1, -0.05) is 140 Å². The standard InChI is InChI=1S/C6H14.3C4H10.C3H8/c1-3-5-6-4-2;3*1-3-4-2;1-3-2/h3-6H2,1-2H3;3*3-4H2,1-2H3;3H2,1-2H3. The van der Waals surface area contributed by atoms with E-state index in [1.165, 1.54) is 70.6 Å². The SMILES string of the molecule is CCC.CCCC.CCCC.CCCC.CCCCCC. The first kappa shape index (κ1) is 32.8. The maximum atomic E-state index is 2.23. The summed E-state index contributed by atoms with van der Waals surface area (Å²) in [6.45, 7) is 21.8. The van der Waals surface area contributed by atoms with Crippen molar-refractivity contribution in [3.63, 3.8) is 0 Å². The van der Waals surface area contributed by atoms with Crippen molar-refractivity contribution in [2.45, 2.75) is 140 Å². The van der Waals surface area contributed by atoms with E-state index in [1.807, 2.05) is 0 Å². The number of hydrogen-bond acceptors (Lipinski definition) is 0. The molecule has 136 valence electrons. The molecule has 0 aliphatic heterocycles. The predicted octanol–water partition coefficient (Wildman–Crippen LogP) is 9.42. The van der Waals surface area contributed by atoms with Crippen LogP contribution in [0.3, 0.4) is 0 Å². The zero-order valence-corrected chi connectivity index (χ0v) is 17.8. The normalized spacial score (nSPS) is 7.71. The van der Waals surface area contributed by atoms with Gasteiger partial charge in [0.05, 0.1) is 0 Å². The van der Waals surface area contributed by atoms with Gasteiger partial charge in [-0.25, -0.2) is 0 Å². The molecule has 0 amide bonds. The van der Waals surface area contributed by atoms with Gasteiger partial charge in [-0.05, 0) is 0 Å². The average Bonchev–Trinajstić information content (AvgIpc) is 2.54. The van der Waals surface area contributed by atoms with Crippen LogP contribution in [0.4, 0.5) is 0 Å². The fourth-order valence-electron chi connectivity index (χ4n) is 0.500. The highest BCUT2D eigenvalue weighted by Gasteiger charge is 1.75. The molecule has 0 spiro atoms. The van der Waals surface area contributed by atoms with Crippen LogP contribution in [0.5, 0.6) is 0 Å². The van der Waals surface area contributed by atoms with Gasteiger partial charge in [-0.15, -0.1) is 0 Å². The Kier molecular flexibility index (Phi) is 93.2. The average molecular weight is 305 g/mol. The summed E-state index contributed by atoms with van der Waals surface area (Å²) in [7, 11) is 0. The van der Waals surface area contributed by atoms with Gasteiger partial charge in [0, 0.05) is 0 Å². The lowest BCUT2D eigenvalue weighted by Crippen LogP contribution is -1.66. The van der Waals surface area contributed by atoms with E-state index in [9.17, 15) is 0 Å². The fourth-order valence-corrected chi connectivity index (χ4v) is 0.500. The Morgan fingerprint density at radius 2 is 0.429 bits per heavy atom. The van der Waals surface area contributed by atoms with Crippen LogP contribution in [-0.2, 0) is 0 Å². The Balaban J connectivity index is -0.0000000519. The largest absolute Gasteiger partial charge is 0.0656 e. The van der Waals surface area contributed by atoms with E-state index >= 15 is 0 Å². The first-order chi connectivity index (χ1) is 10.1. The molecule has 21 heavy (non-hydrogen) atoms. The highest BCUT2D eigenvalue weighted by Crippen LogP contribution is 1.95. The molecule has 0 unspecified atom stereocenters. The van der Waals surface area contributed by atoms with Crippen molar-refractivity contribution in [2.24, 2.45) is 0 Å². The Bertz CT molecular complexity index is 56.6. The second-order valence-electron chi connectivity index (χ2n) is 5.41. The van der Waals surface area contributed by atoms with E-state index in [-0.39, 0.29) is 0 Å². The lowest BCUT2D eigenvalue weighted by atomic mass is 10.2. The van der Waals surface area contributed by atoms with Crippen molar-refractivity contribution >= 4 is 0 Å². The van der Waals surface area contributed by atoms with Crippen LogP contribution >= 0.6 is 0 Å². The molecule has 0 heteroatoms. The highest BCUT2D eigenvalue weighted by atomic mass is 13.8. The van der Waals surface area contributed by atoms with Crippen molar-refractivity contribution in [3.8, 4) is 0 Å². The summed E-state index contributed by atoms with van der Waals surface area (Å²) in [4.78, 5) is 0. The molecular weight excluding hydrogens is 252 g/mol. The molecule has 0 bridgehead atoms. The van der Waals surface area contributed by atoms with Crippen LogP contribution in [-0.4, -0.2) is 0 Å². The first-order valence-electron chi connectivity index (χ1n) is 10.1. The van der Waals surface area contributed by atoms with Crippen molar-refractivity contribution in [2.75, 3.05) is 0 Å². The maximum absolute atomic E-state index is 2.23. The molecule has 0 rings (SSSR count). The summed E-state index contributed by atoms with van der Waals surface area (Å²) in [5.74, 6) is 0. The Labute approximate surface area is 140 Å². The quantitative estimate of drug-likeness (QED) is 0.428. The summed E-state index contributed by atoms with van der Waals surface area (Å²) >= 11 is 0. The second-order valence-corrected chi connectivity index (χ2v) is 5.41. The minimum atomic E-state index is 1.25. The van der Waals surface area contributed by atoms with Gasteiger partial charge in [0.2, 0.25) is 0 Å². The number of rotatable bonds is 6. The van der Waals surface area contributed by atoms with Gasteiger partial charge in [0.1, 0.15) is 0 Å². The van der Waals surface area contributed by atoms with Crippen molar-refractivity contribution in [1.82, 2.24) is 0 Å². The van der Waals surface area contributed by atoms with Crippen LogP contribution in [0.1, 0.15) is 140 Å². The molecule has 0 aromatic rings. The van der Waals surface area contributed by atoms with Gasteiger partial charge in [0.25, 0.3) is 0 Å². The third-order valence-corrected chi connectivity index (χ3v) is 2.46. The Morgan fingerprint density at radius 1 is 0.286 bits per heavy atom.